The maximum Gasteiger partial charge on any atom is 0.0780 e. The fourth-order valence-corrected chi connectivity index (χ4v) is 1.23. The topological polar surface area (TPSA) is 50.1 Å². The van der Waals surface area contributed by atoms with Gasteiger partial charge >= 0.3 is 0 Å². The van der Waals surface area contributed by atoms with Crippen molar-refractivity contribution in [2.45, 2.75) is 19.8 Å². The van der Waals surface area contributed by atoms with Gasteiger partial charge in [-0.15, -0.1) is 0 Å². The fourth-order valence-electron chi connectivity index (χ4n) is 1.23. The second kappa shape index (κ2) is 5.56. The van der Waals surface area contributed by atoms with Crippen molar-refractivity contribution < 1.29 is 0 Å². The van der Waals surface area contributed by atoms with E-state index in [2.05, 4.69) is 41.9 Å². The average molecular weight is 179 g/mol. The van der Waals surface area contributed by atoms with Gasteiger partial charge < -0.3 is 5.32 Å². The number of nitrogens with two attached hydrogens (primary N) is 1. The van der Waals surface area contributed by atoms with E-state index in [0.717, 1.165) is 12.1 Å². The lowest BCUT2D eigenvalue weighted by Crippen LogP contribution is -2.28. The van der Waals surface area contributed by atoms with Gasteiger partial charge in [-0.05, 0) is 24.1 Å². The monoisotopic (exact) mass is 179 g/mol. The normalized spacial score (nSPS) is 10.0. The molecule has 0 spiro atoms. The lowest BCUT2D eigenvalue weighted by molar-refractivity contribution is 0.790. The van der Waals surface area contributed by atoms with Crippen LogP contribution in [0.2, 0.25) is 0 Å². The fraction of sp³-hybridized carbons (Fsp3) is 0.400. The molecule has 1 aromatic rings. The lowest BCUT2D eigenvalue weighted by atomic mass is 10.1. The average Bonchev–Trinajstić information content (AvgIpc) is 2.17. The van der Waals surface area contributed by atoms with Crippen molar-refractivity contribution in [2.75, 3.05) is 12.0 Å². The quantitative estimate of drug-likeness (QED) is 0.364. The Hall–Kier alpha value is -1.06. The van der Waals surface area contributed by atoms with Gasteiger partial charge in [0, 0.05) is 5.69 Å². The van der Waals surface area contributed by atoms with E-state index in [1.807, 2.05) is 0 Å². The number of aryl methyl sites for hydroxylation is 1. The number of benzene rings is 1. The third-order valence-corrected chi connectivity index (χ3v) is 1.89. The molecular formula is C10H17N3. The summed E-state index contributed by atoms with van der Waals surface area (Å²) in [7, 11) is 0. The van der Waals surface area contributed by atoms with Crippen LogP contribution in [0.1, 0.15) is 18.9 Å². The minimum atomic E-state index is 0.590. The van der Waals surface area contributed by atoms with E-state index in [1.165, 1.54) is 12.0 Å². The molecule has 0 amide bonds. The van der Waals surface area contributed by atoms with E-state index in [1.54, 1.807) is 0 Å². The Morgan fingerprint density at radius 2 is 1.92 bits per heavy atom. The van der Waals surface area contributed by atoms with Gasteiger partial charge in [0.15, 0.2) is 0 Å². The second-order valence-corrected chi connectivity index (χ2v) is 3.00. The number of hydrogen-bond acceptors (Lipinski definition) is 3. The minimum Gasteiger partial charge on any atom is -0.371 e. The van der Waals surface area contributed by atoms with Crippen LogP contribution in [0.15, 0.2) is 24.3 Å². The first-order valence-electron chi connectivity index (χ1n) is 4.63. The SMILES string of the molecule is CCCc1ccc(NCNN)cc1. The van der Waals surface area contributed by atoms with Crippen molar-refractivity contribution in [1.29, 1.82) is 0 Å². The van der Waals surface area contributed by atoms with Crippen LogP contribution in [0.3, 0.4) is 0 Å². The molecule has 0 heterocycles. The van der Waals surface area contributed by atoms with Crippen molar-refractivity contribution in [3.8, 4) is 0 Å². The molecule has 0 unspecified atom stereocenters. The Morgan fingerprint density at radius 3 is 2.46 bits per heavy atom. The maximum atomic E-state index is 5.14. The summed E-state index contributed by atoms with van der Waals surface area (Å²) >= 11 is 0. The summed E-state index contributed by atoms with van der Waals surface area (Å²) in [6, 6.07) is 8.43. The van der Waals surface area contributed by atoms with Crippen LogP contribution in [0, 0.1) is 0 Å². The van der Waals surface area contributed by atoms with Crippen LogP contribution >= 0.6 is 0 Å². The number of hydrogen-bond donors (Lipinski definition) is 3. The summed E-state index contributed by atoms with van der Waals surface area (Å²) in [5, 5.41) is 3.13. The summed E-state index contributed by atoms with van der Waals surface area (Å²) in [5.74, 6) is 5.14. The summed E-state index contributed by atoms with van der Waals surface area (Å²) in [6.45, 7) is 2.78. The van der Waals surface area contributed by atoms with Gasteiger partial charge in [-0.3, -0.25) is 5.84 Å². The molecule has 0 saturated carbocycles. The highest BCUT2D eigenvalue weighted by atomic mass is 15.3. The molecule has 0 fully saturated rings. The molecule has 0 aliphatic rings. The standard InChI is InChI=1S/C10H17N3/c1-2-3-9-4-6-10(7-5-9)12-8-13-11/h4-7,12-13H,2-3,8,11H2,1H3. The van der Waals surface area contributed by atoms with Gasteiger partial charge in [0.25, 0.3) is 0 Å². The number of nitrogens with one attached hydrogen (secondary N) is 2. The van der Waals surface area contributed by atoms with Crippen molar-refractivity contribution in [1.82, 2.24) is 5.43 Å². The Bertz CT molecular complexity index is 230. The Morgan fingerprint density at radius 1 is 1.23 bits per heavy atom. The predicted octanol–water partition coefficient (Wildman–Crippen LogP) is 1.47. The number of rotatable bonds is 5. The van der Waals surface area contributed by atoms with Crippen LogP contribution in [-0.2, 0) is 6.42 Å². The maximum absolute atomic E-state index is 5.14. The largest absolute Gasteiger partial charge is 0.371 e. The third kappa shape index (κ3) is 3.44. The molecule has 3 heteroatoms. The van der Waals surface area contributed by atoms with E-state index >= 15 is 0 Å². The van der Waals surface area contributed by atoms with Crippen LogP contribution in [-0.4, -0.2) is 6.67 Å². The van der Waals surface area contributed by atoms with E-state index in [4.69, 9.17) is 5.84 Å². The highest BCUT2D eigenvalue weighted by Crippen LogP contribution is 2.10. The van der Waals surface area contributed by atoms with E-state index in [9.17, 15) is 0 Å². The molecule has 0 bridgehead atoms. The van der Waals surface area contributed by atoms with Gasteiger partial charge in [-0.2, -0.15) is 0 Å². The van der Waals surface area contributed by atoms with E-state index < -0.39 is 0 Å². The van der Waals surface area contributed by atoms with E-state index in [-0.39, 0.29) is 0 Å². The van der Waals surface area contributed by atoms with Gasteiger partial charge in [0.05, 0.1) is 6.67 Å². The van der Waals surface area contributed by atoms with Gasteiger partial charge in [-0.1, -0.05) is 25.5 Å². The number of hydrazine groups is 1. The molecule has 13 heavy (non-hydrogen) atoms. The molecule has 1 aromatic carbocycles. The molecule has 0 saturated heterocycles. The molecule has 3 nitrogen and oxygen atoms in total. The van der Waals surface area contributed by atoms with Crippen LogP contribution in [0.5, 0.6) is 0 Å². The molecule has 1 rings (SSSR count). The van der Waals surface area contributed by atoms with Gasteiger partial charge in [-0.25, -0.2) is 5.43 Å². The molecule has 4 N–H and O–H groups in total. The second-order valence-electron chi connectivity index (χ2n) is 3.00. The molecule has 0 atom stereocenters. The zero-order valence-corrected chi connectivity index (χ0v) is 8.01. The molecule has 0 aliphatic heterocycles. The minimum absolute atomic E-state index is 0.590. The zero-order valence-electron chi connectivity index (χ0n) is 8.01. The van der Waals surface area contributed by atoms with Gasteiger partial charge in [0.2, 0.25) is 0 Å². The Labute approximate surface area is 79.3 Å². The van der Waals surface area contributed by atoms with Crippen LogP contribution in [0.25, 0.3) is 0 Å². The predicted molar refractivity (Wildman–Crippen MR) is 56.2 cm³/mol. The summed E-state index contributed by atoms with van der Waals surface area (Å²) in [4.78, 5) is 0. The Balaban J connectivity index is 2.48. The Kier molecular flexibility index (Phi) is 4.29. The first kappa shape index (κ1) is 10.0. The summed E-state index contributed by atoms with van der Waals surface area (Å²) in [6.07, 6.45) is 2.34. The molecule has 0 radical (unpaired) electrons. The zero-order chi connectivity index (χ0) is 9.52. The van der Waals surface area contributed by atoms with Crippen molar-refractivity contribution in [3.05, 3.63) is 29.8 Å². The highest BCUT2D eigenvalue weighted by Gasteiger charge is 1.91. The summed E-state index contributed by atoms with van der Waals surface area (Å²) in [5.41, 5.74) is 5.02. The molecule has 0 aromatic heterocycles. The molecule has 0 aliphatic carbocycles. The molecule has 72 valence electrons. The van der Waals surface area contributed by atoms with Crippen LogP contribution in [0.4, 0.5) is 5.69 Å². The van der Waals surface area contributed by atoms with Crippen molar-refractivity contribution in [2.24, 2.45) is 5.84 Å². The number of anilines is 1. The summed E-state index contributed by atoms with van der Waals surface area (Å²) < 4.78 is 0. The molecular weight excluding hydrogens is 162 g/mol. The van der Waals surface area contributed by atoms with Crippen molar-refractivity contribution >= 4 is 5.69 Å². The van der Waals surface area contributed by atoms with E-state index in [0.29, 0.717) is 6.67 Å². The van der Waals surface area contributed by atoms with Gasteiger partial charge in [0.1, 0.15) is 0 Å². The first-order chi connectivity index (χ1) is 6.36. The lowest BCUT2D eigenvalue weighted by Gasteiger charge is -2.05. The highest BCUT2D eigenvalue weighted by molar-refractivity contribution is 5.44. The first-order valence-corrected chi connectivity index (χ1v) is 4.63. The third-order valence-electron chi connectivity index (χ3n) is 1.89. The smallest absolute Gasteiger partial charge is 0.0780 e. The van der Waals surface area contributed by atoms with Crippen molar-refractivity contribution in [3.63, 3.8) is 0 Å². The van der Waals surface area contributed by atoms with Crippen LogP contribution < -0.4 is 16.6 Å².